The van der Waals surface area contributed by atoms with Crippen molar-refractivity contribution in [2.75, 3.05) is 36.0 Å². The monoisotopic (exact) mass is 271 g/mol. The molecule has 4 heteroatoms. The standard InChI is InChI=1S/C16H18FN3/c1-13-2-7-16(18-12-13)20-10-8-19(9-11-20)15-5-3-14(17)4-6-15/h2-7,12H,8-11H2,1H3. The number of nitrogens with zero attached hydrogens (tertiary/aromatic N) is 3. The molecule has 0 aliphatic carbocycles. The molecule has 3 rings (SSSR count). The fraction of sp³-hybridized carbons (Fsp3) is 0.312. The van der Waals surface area contributed by atoms with Gasteiger partial charge in [0.1, 0.15) is 11.6 Å². The molecule has 0 radical (unpaired) electrons. The lowest BCUT2D eigenvalue weighted by Gasteiger charge is -2.36. The molecule has 1 aliphatic heterocycles. The topological polar surface area (TPSA) is 19.4 Å². The predicted octanol–water partition coefficient (Wildman–Crippen LogP) is 2.86. The van der Waals surface area contributed by atoms with Crippen molar-refractivity contribution in [3.8, 4) is 0 Å². The van der Waals surface area contributed by atoms with Crippen molar-refractivity contribution in [3.63, 3.8) is 0 Å². The molecular weight excluding hydrogens is 253 g/mol. The number of aromatic nitrogens is 1. The second kappa shape index (κ2) is 5.49. The van der Waals surface area contributed by atoms with Crippen LogP contribution in [0.4, 0.5) is 15.9 Å². The Bertz CT molecular complexity index is 504. The molecule has 1 saturated heterocycles. The van der Waals surface area contributed by atoms with Crippen molar-refractivity contribution >= 4 is 11.5 Å². The predicted molar refractivity (Wildman–Crippen MR) is 79.8 cm³/mol. The van der Waals surface area contributed by atoms with Gasteiger partial charge in [-0.05, 0) is 42.8 Å². The van der Waals surface area contributed by atoms with Gasteiger partial charge in [-0.1, -0.05) is 6.07 Å². The average Bonchev–Trinajstić information content (AvgIpc) is 2.49. The van der Waals surface area contributed by atoms with Gasteiger partial charge in [0.25, 0.3) is 0 Å². The summed E-state index contributed by atoms with van der Waals surface area (Å²) < 4.78 is 12.9. The van der Waals surface area contributed by atoms with Crippen molar-refractivity contribution in [3.05, 3.63) is 54.0 Å². The van der Waals surface area contributed by atoms with Gasteiger partial charge in [0.05, 0.1) is 0 Å². The van der Waals surface area contributed by atoms with E-state index in [4.69, 9.17) is 0 Å². The molecule has 0 saturated carbocycles. The summed E-state index contributed by atoms with van der Waals surface area (Å²) in [6.45, 7) is 5.78. The number of hydrogen-bond acceptors (Lipinski definition) is 3. The molecule has 20 heavy (non-hydrogen) atoms. The second-order valence-corrected chi connectivity index (χ2v) is 5.14. The molecule has 2 heterocycles. The van der Waals surface area contributed by atoms with Gasteiger partial charge in [-0.15, -0.1) is 0 Å². The molecule has 1 aromatic heterocycles. The largest absolute Gasteiger partial charge is 0.368 e. The number of halogens is 1. The van der Waals surface area contributed by atoms with Crippen LogP contribution in [0.5, 0.6) is 0 Å². The van der Waals surface area contributed by atoms with Gasteiger partial charge >= 0.3 is 0 Å². The van der Waals surface area contributed by atoms with Crippen LogP contribution in [0.25, 0.3) is 0 Å². The van der Waals surface area contributed by atoms with Crippen molar-refractivity contribution in [2.45, 2.75) is 6.92 Å². The first-order valence-corrected chi connectivity index (χ1v) is 6.90. The number of rotatable bonds is 2. The first-order valence-electron chi connectivity index (χ1n) is 6.90. The van der Waals surface area contributed by atoms with Crippen LogP contribution < -0.4 is 9.80 Å². The Hall–Kier alpha value is -2.10. The first kappa shape index (κ1) is 12.9. The SMILES string of the molecule is Cc1ccc(N2CCN(c3ccc(F)cc3)CC2)nc1. The molecule has 1 aromatic carbocycles. The Morgan fingerprint density at radius 2 is 1.55 bits per heavy atom. The Balaban J connectivity index is 1.64. The average molecular weight is 271 g/mol. The molecule has 1 aliphatic rings. The number of anilines is 2. The van der Waals surface area contributed by atoms with E-state index in [1.807, 2.05) is 25.3 Å². The highest BCUT2D eigenvalue weighted by molar-refractivity contribution is 5.49. The Labute approximate surface area is 118 Å². The lowest BCUT2D eigenvalue weighted by molar-refractivity contribution is 0.624. The molecule has 104 valence electrons. The zero-order valence-corrected chi connectivity index (χ0v) is 11.6. The van der Waals surface area contributed by atoms with Gasteiger partial charge in [-0.25, -0.2) is 9.37 Å². The third-order valence-corrected chi connectivity index (χ3v) is 3.69. The van der Waals surface area contributed by atoms with Crippen LogP contribution in [-0.2, 0) is 0 Å². The van der Waals surface area contributed by atoms with Crippen LogP contribution in [0.2, 0.25) is 0 Å². The maximum absolute atomic E-state index is 12.9. The Morgan fingerprint density at radius 1 is 0.900 bits per heavy atom. The van der Waals surface area contributed by atoms with Crippen molar-refractivity contribution in [1.29, 1.82) is 0 Å². The summed E-state index contributed by atoms with van der Waals surface area (Å²) in [5.74, 6) is 0.852. The number of hydrogen-bond donors (Lipinski definition) is 0. The third-order valence-electron chi connectivity index (χ3n) is 3.69. The normalized spacial score (nSPS) is 15.5. The molecule has 1 fully saturated rings. The number of benzene rings is 1. The highest BCUT2D eigenvalue weighted by Gasteiger charge is 2.18. The van der Waals surface area contributed by atoms with Gasteiger partial charge in [0.2, 0.25) is 0 Å². The summed E-state index contributed by atoms with van der Waals surface area (Å²) in [6.07, 6.45) is 1.90. The number of aryl methyl sites for hydroxylation is 1. The van der Waals surface area contributed by atoms with Crippen molar-refractivity contribution in [2.24, 2.45) is 0 Å². The summed E-state index contributed by atoms with van der Waals surface area (Å²) in [6, 6.07) is 10.9. The molecule has 2 aromatic rings. The van der Waals surface area contributed by atoms with Gasteiger partial charge in [-0.2, -0.15) is 0 Å². The quantitative estimate of drug-likeness (QED) is 0.837. The first-order chi connectivity index (χ1) is 9.72. The summed E-state index contributed by atoms with van der Waals surface area (Å²) in [5, 5.41) is 0. The Kier molecular flexibility index (Phi) is 3.54. The van der Waals surface area contributed by atoms with E-state index < -0.39 is 0 Å². The minimum Gasteiger partial charge on any atom is -0.368 e. The lowest BCUT2D eigenvalue weighted by atomic mass is 10.2. The lowest BCUT2D eigenvalue weighted by Crippen LogP contribution is -2.46. The molecular formula is C16H18FN3. The van der Waals surface area contributed by atoms with E-state index in [-0.39, 0.29) is 5.82 Å². The second-order valence-electron chi connectivity index (χ2n) is 5.14. The summed E-state index contributed by atoms with van der Waals surface area (Å²) in [7, 11) is 0. The van der Waals surface area contributed by atoms with Gasteiger partial charge in [0, 0.05) is 38.1 Å². The van der Waals surface area contributed by atoms with Crippen LogP contribution in [0.1, 0.15) is 5.56 Å². The van der Waals surface area contributed by atoms with E-state index in [1.165, 1.54) is 17.7 Å². The zero-order chi connectivity index (χ0) is 13.9. The van der Waals surface area contributed by atoms with Gasteiger partial charge in [-0.3, -0.25) is 0 Å². The van der Waals surface area contributed by atoms with Crippen LogP contribution >= 0.6 is 0 Å². The maximum Gasteiger partial charge on any atom is 0.128 e. The molecule has 0 N–H and O–H groups in total. The van der Waals surface area contributed by atoms with Crippen LogP contribution in [0, 0.1) is 12.7 Å². The molecule has 0 atom stereocenters. The van der Waals surface area contributed by atoms with Crippen LogP contribution in [0.3, 0.4) is 0 Å². The highest BCUT2D eigenvalue weighted by Crippen LogP contribution is 2.19. The number of piperazine rings is 1. The summed E-state index contributed by atoms with van der Waals surface area (Å²) in [4.78, 5) is 9.04. The smallest absolute Gasteiger partial charge is 0.128 e. The fourth-order valence-electron chi connectivity index (χ4n) is 2.49. The molecule has 3 nitrogen and oxygen atoms in total. The Morgan fingerprint density at radius 3 is 2.15 bits per heavy atom. The van der Waals surface area contributed by atoms with E-state index in [0.29, 0.717) is 0 Å². The van der Waals surface area contributed by atoms with Crippen LogP contribution in [0.15, 0.2) is 42.6 Å². The van der Waals surface area contributed by atoms with Crippen molar-refractivity contribution in [1.82, 2.24) is 4.98 Å². The van der Waals surface area contributed by atoms with E-state index in [9.17, 15) is 4.39 Å². The summed E-state index contributed by atoms with van der Waals surface area (Å²) >= 11 is 0. The minimum atomic E-state index is -0.184. The molecule has 0 spiro atoms. The van der Waals surface area contributed by atoms with E-state index in [2.05, 4.69) is 26.9 Å². The fourth-order valence-corrected chi connectivity index (χ4v) is 2.49. The summed E-state index contributed by atoms with van der Waals surface area (Å²) in [5.41, 5.74) is 2.27. The third kappa shape index (κ3) is 2.74. The van der Waals surface area contributed by atoms with E-state index >= 15 is 0 Å². The maximum atomic E-state index is 12.9. The highest BCUT2D eigenvalue weighted by atomic mass is 19.1. The minimum absolute atomic E-state index is 0.184. The molecule has 0 bridgehead atoms. The zero-order valence-electron chi connectivity index (χ0n) is 11.6. The molecule has 0 amide bonds. The van der Waals surface area contributed by atoms with Crippen molar-refractivity contribution < 1.29 is 4.39 Å². The van der Waals surface area contributed by atoms with Gasteiger partial charge in [0.15, 0.2) is 0 Å². The van der Waals surface area contributed by atoms with Gasteiger partial charge < -0.3 is 9.80 Å². The molecule has 0 unspecified atom stereocenters. The number of pyridine rings is 1. The van der Waals surface area contributed by atoms with Crippen LogP contribution in [-0.4, -0.2) is 31.2 Å². The van der Waals surface area contributed by atoms with E-state index in [1.54, 1.807) is 0 Å². The van der Waals surface area contributed by atoms with E-state index in [0.717, 1.165) is 37.7 Å².